The zero-order chi connectivity index (χ0) is 13.8. The van der Waals surface area contributed by atoms with Gasteiger partial charge in [-0.2, -0.15) is 0 Å². The van der Waals surface area contributed by atoms with Crippen LogP contribution in [0.3, 0.4) is 0 Å². The van der Waals surface area contributed by atoms with E-state index in [9.17, 15) is 4.79 Å². The van der Waals surface area contributed by atoms with Gasteiger partial charge in [0.2, 0.25) is 0 Å². The molecule has 0 saturated carbocycles. The Bertz CT molecular complexity index is 617. The van der Waals surface area contributed by atoms with Gasteiger partial charge in [0, 0.05) is 0 Å². The largest absolute Gasteiger partial charge is 0.365 e. The molecule has 0 fully saturated rings. The van der Waals surface area contributed by atoms with Crippen LogP contribution in [0.15, 0.2) is 41.6 Å². The standard InChI is InChI=1S/C14H12ClNO2S/c1-9-3-5-11(6-4-9)14(17)18-16-10(2)12-7-8-13(15)19-12/h3-8H,1-2H3/b16-10-. The van der Waals surface area contributed by atoms with Gasteiger partial charge in [-0.1, -0.05) is 34.5 Å². The van der Waals surface area contributed by atoms with Crippen molar-refractivity contribution in [2.24, 2.45) is 5.16 Å². The van der Waals surface area contributed by atoms with E-state index in [0.717, 1.165) is 10.4 Å². The van der Waals surface area contributed by atoms with Crippen molar-refractivity contribution in [2.75, 3.05) is 0 Å². The molecule has 19 heavy (non-hydrogen) atoms. The molecule has 0 aliphatic carbocycles. The summed E-state index contributed by atoms with van der Waals surface area (Å²) in [6, 6.07) is 10.8. The number of aryl methyl sites for hydroxylation is 1. The Balaban J connectivity index is 2.05. The number of rotatable bonds is 3. The topological polar surface area (TPSA) is 38.7 Å². The molecule has 2 rings (SSSR count). The van der Waals surface area contributed by atoms with Crippen LogP contribution in [0.1, 0.15) is 27.7 Å². The Hall–Kier alpha value is -1.65. The summed E-state index contributed by atoms with van der Waals surface area (Å²) in [5, 5.41) is 3.83. The van der Waals surface area contributed by atoms with Gasteiger partial charge in [0.15, 0.2) is 0 Å². The minimum Gasteiger partial charge on any atom is -0.313 e. The lowest BCUT2D eigenvalue weighted by molar-refractivity contribution is 0.0516. The van der Waals surface area contributed by atoms with Gasteiger partial charge in [-0.15, -0.1) is 11.3 Å². The van der Waals surface area contributed by atoms with Crippen molar-refractivity contribution in [3.63, 3.8) is 0 Å². The normalized spacial score (nSPS) is 11.4. The van der Waals surface area contributed by atoms with E-state index >= 15 is 0 Å². The summed E-state index contributed by atoms with van der Waals surface area (Å²) in [4.78, 5) is 17.5. The summed E-state index contributed by atoms with van der Waals surface area (Å²) >= 11 is 7.22. The van der Waals surface area contributed by atoms with Gasteiger partial charge in [0.25, 0.3) is 0 Å². The van der Waals surface area contributed by atoms with Crippen LogP contribution in [-0.2, 0) is 4.84 Å². The lowest BCUT2D eigenvalue weighted by Crippen LogP contribution is -2.03. The van der Waals surface area contributed by atoms with E-state index in [1.165, 1.54) is 11.3 Å². The summed E-state index contributed by atoms with van der Waals surface area (Å²) in [6.45, 7) is 3.72. The Morgan fingerprint density at radius 2 is 1.89 bits per heavy atom. The number of hydrogen-bond donors (Lipinski definition) is 0. The molecular formula is C14H12ClNO2S. The maximum atomic E-state index is 11.7. The summed E-state index contributed by atoms with van der Waals surface area (Å²) in [5.41, 5.74) is 2.19. The Morgan fingerprint density at radius 1 is 1.21 bits per heavy atom. The number of carbonyl (C=O) groups excluding carboxylic acids is 1. The maximum absolute atomic E-state index is 11.7. The van der Waals surface area contributed by atoms with Crippen molar-refractivity contribution in [3.05, 3.63) is 56.7 Å². The fraction of sp³-hybridized carbons (Fsp3) is 0.143. The molecule has 1 heterocycles. The lowest BCUT2D eigenvalue weighted by atomic mass is 10.2. The number of thiophene rings is 1. The molecule has 0 atom stereocenters. The average molecular weight is 294 g/mol. The third kappa shape index (κ3) is 3.66. The van der Waals surface area contributed by atoms with Crippen LogP contribution < -0.4 is 0 Å². The number of halogens is 1. The zero-order valence-corrected chi connectivity index (χ0v) is 12.1. The average Bonchev–Trinajstić information content (AvgIpc) is 2.83. The van der Waals surface area contributed by atoms with Crippen LogP contribution in [-0.4, -0.2) is 11.7 Å². The molecule has 3 nitrogen and oxygen atoms in total. The molecule has 5 heteroatoms. The van der Waals surface area contributed by atoms with Gasteiger partial charge in [0.05, 0.1) is 20.5 Å². The molecule has 0 saturated heterocycles. The molecule has 1 aromatic carbocycles. The highest BCUT2D eigenvalue weighted by atomic mass is 35.5. The first-order valence-electron chi connectivity index (χ1n) is 5.64. The molecule has 0 radical (unpaired) electrons. The Labute approximate surface area is 120 Å². The summed E-state index contributed by atoms with van der Waals surface area (Å²) in [7, 11) is 0. The number of hydrogen-bond acceptors (Lipinski definition) is 4. The van der Waals surface area contributed by atoms with Crippen LogP contribution in [0.4, 0.5) is 0 Å². The van der Waals surface area contributed by atoms with E-state index in [2.05, 4.69) is 5.16 Å². The van der Waals surface area contributed by atoms with Crippen molar-refractivity contribution in [3.8, 4) is 0 Å². The molecular weight excluding hydrogens is 282 g/mol. The number of oxime groups is 1. The highest BCUT2D eigenvalue weighted by Gasteiger charge is 2.08. The van der Waals surface area contributed by atoms with Crippen molar-refractivity contribution in [1.29, 1.82) is 0 Å². The second kappa shape index (κ2) is 5.99. The van der Waals surface area contributed by atoms with Crippen molar-refractivity contribution >= 4 is 34.6 Å². The van der Waals surface area contributed by atoms with Crippen molar-refractivity contribution in [1.82, 2.24) is 0 Å². The third-order valence-electron chi connectivity index (χ3n) is 2.48. The molecule has 2 aromatic rings. The van der Waals surface area contributed by atoms with Gasteiger partial charge in [-0.3, -0.25) is 0 Å². The number of benzene rings is 1. The predicted molar refractivity (Wildman–Crippen MR) is 78.1 cm³/mol. The first-order valence-corrected chi connectivity index (χ1v) is 6.84. The first-order chi connectivity index (χ1) is 9.06. The molecule has 0 aliphatic heterocycles. The summed E-state index contributed by atoms with van der Waals surface area (Å²) < 4.78 is 0.675. The maximum Gasteiger partial charge on any atom is 0.365 e. The molecule has 0 bridgehead atoms. The fourth-order valence-electron chi connectivity index (χ4n) is 1.41. The van der Waals surface area contributed by atoms with Gasteiger partial charge in [-0.05, 0) is 38.1 Å². The summed E-state index contributed by atoms with van der Waals surface area (Å²) in [5.74, 6) is -0.470. The van der Waals surface area contributed by atoms with Crippen molar-refractivity contribution in [2.45, 2.75) is 13.8 Å². The zero-order valence-electron chi connectivity index (χ0n) is 10.5. The van der Waals surface area contributed by atoms with Crippen LogP contribution in [0.5, 0.6) is 0 Å². The van der Waals surface area contributed by atoms with Crippen LogP contribution in [0.2, 0.25) is 4.34 Å². The minimum atomic E-state index is -0.470. The van der Waals surface area contributed by atoms with E-state index in [1.54, 1.807) is 25.1 Å². The SMILES string of the molecule is C/C(=N/OC(=O)c1ccc(C)cc1)c1ccc(Cl)s1. The highest BCUT2D eigenvalue weighted by Crippen LogP contribution is 2.22. The second-order valence-electron chi connectivity index (χ2n) is 4.03. The van der Waals surface area contributed by atoms with Gasteiger partial charge < -0.3 is 4.84 Å². The Kier molecular flexibility index (Phi) is 4.35. The fourth-order valence-corrected chi connectivity index (χ4v) is 2.39. The Morgan fingerprint density at radius 3 is 2.47 bits per heavy atom. The lowest BCUT2D eigenvalue weighted by Gasteiger charge is -2.00. The van der Waals surface area contributed by atoms with Crippen LogP contribution >= 0.6 is 22.9 Å². The molecule has 0 aliphatic rings. The minimum absolute atomic E-state index is 0.470. The van der Waals surface area contributed by atoms with Gasteiger partial charge in [-0.25, -0.2) is 4.79 Å². The monoisotopic (exact) mass is 293 g/mol. The summed E-state index contributed by atoms with van der Waals surface area (Å²) in [6.07, 6.45) is 0. The van der Waals surface area contributed by atoms with Crippen LogP contribution in [0, 0.1) is 6.92 Å². The third-order valence-corrected chi connectivity index (χ3v) is 3.82. The van der Waals surface area contributed by atoms with Crippen LogP contribution in [0.25, 0.3) is 0 Å². The van der Waals surface area contributed by atoms with Crippen molar-refractivity contribution < 1.29 is 9.63 Å². The number of nitrogens with zero attached hydrogens (tertiary/aromatic N) is 1. The van der Waals surface area contributed by atoms with E-state index in [-0.39, 0.29) is 0 Å². The predicted octanol–water partition coefficient (Wildman–Crippen LogP) is 4.29. The van der Waals surface area contributed by atoms with Gasteiger partial charge >= 0.3 is 5.97 Å². The smallest absolute Gasteiger partial charge is 0.313 e. The quantitative estimate of drug-likeness (QED) is 0.481. The highest BCUT2D eigenvalue weighted by molar-refractivity contribution is 7.18. The van der Waals surface area contributed by atoms with E-state index in [1.807, 2.05) is 25.1 Å². The van der Waals surface area contributed by atoms with E-state index in [0.29, 0.717) is 15.6 Å². The first kappa shape index (κ1) is 13.8. The van der Waals surface area contributed by atoms with E-state index in [4.69, 9.17) is 16.4 Å². The van der Waals surface area contributed by atoms with Gasteiger partial charge in [0.1, 0.15) is 0 Å². The molecule has 0 unspecified atom stereocenters. The number of carbonyl (C=O) groups is 1. The molecule has 0 amide bonds. The second-order valence-corrected chi connectivity index (χ2v) is 5.74. The molecule has 0 spiro atoms. The molecule has 0 N–H and O–H groups in total. The molecule has 1 aromatic heterocycles. The molecule has 98 valence electrons. The van der Waals surface area contributed by atoms with E-state index < -0.39 is 5.97 Å².